The van der Waals surface area contributed by atoms with Crippen molar-refractivity contribution in [2.45, 2.75) is 12.6 Å². The highest BCUT2D eigenvalue weighted by Crippen LogP contribution is 2.18. The van der Waals surface area contributed by atoms with E-state index in [0.29, 0.717) is 6.54 Å². The lowest BCUT2D eigenvalue weighted by atomic mass is 10.2. The van der Waals surface area contributed by atoms with Gasteiger partial charge in [-0.2, -0.15) is 0 Å². The number of aliphatic hydroxyl groups is 2. The Bertz CT molecular complexity index is 333. The molecule has 0 bridgehead atoms. The maximum absolute atomic E-state index is 13.4. The van der Waals surface area contributed by atoms with Crippen molar-refractivity contribution in [1.82, 2.24) is 5.32 Å². The molecule has 0 heterocycles. The number of aliphatic hydroxyl groups excluding tert-OH is 2. The first-order valence-electron chi connectivity index (χ1n) is 5.02. The van der Waals surface area contributed by atoms with Gasteiger partial charge in [-0.25, -0.2) is 4.39 Å². The Balaban J connectivity index is 2.60. The predicted molar refractivity (Wildman–Crippen MR) is 57.8 cm³/mol. The van der Waals surface area contributed by atoms with Crippen molar-refractivity contribution in [2.24, 2.45) is 0 Å². The van der Waals surface area contributed by atoms with Crippen LogP contribution >= 0.6 is 0 Å². The monoisotopic (exact) mass is 229 g/mol. The third kappa shape index (κ3) is 3.77. The van der Waals surface area contributed by atoms with Gasteiger partial charge in [0.05, 0.1) is 6.61 Å². The van der Waals surface area contributed by atoms with Gasteiger partial charge in [-0.3, -0.25) is 0 Å². The molecule has 4 nitrogen and oxygen atoms in total. The quantitative estimate of drug-likeness (QED) is 0.655. The van der Waals surface area contributed by atoms with E-state index in [9.17, 15) is 4.39 Å². The number of ether oxygens (including phenoxy) is 1. The maximum atomic E-state index is 13.4. The molecule has 3 N–H and O–H groups in total. The fourth-order valence-corrected chi connectivity index (χ4v) is 1.21. The SMILES string of the molecule is CNCc1ccc(OCC(O)CO)c(F)c1. The van der Waals surface area contributed by atoms with E-state index in [1.54, 1.807) is 13.1 Å². The van der Waals surface area contributed by atoms with Crippen molar-refractivity contribution in [3.8, 4) is 5.75 Å². The summed E-state index contributed by atoms with van der Waals surface area (Å²) in [6.45, 7) is 0.0503. The zero-order chi connectivity index (χ0) is 12.0. The Kier molecular flexibility index (Phi) is 5.18. The average Bonchev–Trinajstić information content (AvgIpc) is 2.28. The molecule has 0 spiro atoms. The third-order valence-electron chi connectivity index (χ3n) is 2.02. The Morgan fingerprint density at radius 2 is 2.25 bits per heavy atom. The molecule has 1 aromatic carbocycles. The van der Waals surface area contributed by atoms with Crippen LogP contribution < -0.4 is 10.1 Å². The lowest BCUT2D eigenvalue weighted by Gasteiger charge is -2.11. The summed E-state index contributed by atoms with van der Waals surface area (Å²) in [5.41, 5.74) is 0.815. The summed E-state index contributed by atoms with van der Waals surface area (Å²) in [6.07, 6.45) is -0.989. The number of nitrogens with one attached hydrogen (secondary N) is 1. The van der Waals surface area contributed by atoms with Crippen molar-refractivity contribution in [1.29, 1.82) is 0 Å². The summed E-state index contributed by atoms with van der Waals surface area (Å²) in [5.74, 6) is -0.398. The molecular formula is C11H16FNO3. The molecule has 0 saturated heterocycles. The summed E-state index contributed by atoms with van der Waals surface area (Å²) < 4.78 is 18.4. The molecule has 1 rings (SSSR count). The molecule has 1 unspecified atom stereocenters. The van der Waals surface area contributed by atoms with Gasteiger partial charge in [0.2, 0.25) is 0 Å². The molecule has 1 aromatic rings. The highest BCUT2D eigenvalue weighted by atomic mass is 19.1. The number of rotatable bonds is 6. The van der Waals surface area contributed by atoms with E-state index in [4.69, 9.17) is 14.9 Å². The van der Waals surface area contributed by atoms with Crippen LogP contribution in [0.2, 0.25) is 0 Å². The van der Waals surface area contributed by atoms with Gasteiger partial charge < -0.3 is 20.3 Å². The Hall–Kier alpha value is -1.17. The van der Waals surface area contributed by atoms with Crippen LogP contribution in [0.4, 0.5) is 4.39 Å². The fourth-order valence-electron chi connectivity index (χ4n) is 1.21. The van der Waals surface area contributed by atoms with E-state index < -0.39 is 18.5 Å². The standard InChI is InChI=1S/C11H16FNO3/c1-13-5-8-2-3-11(10(12)4-8)16-7-9(15)6-14/h2-4,9,13-15H,5-7H2,1H3. The maximum Gasteiger partial charge on any atom is 0.165 e. The van der Waals surface area contributed by atoms with Crippen LogP contribution in [0.25, 0.3) is 0 Å². The van der Waals surface area contributed by atoms with Gasteiger partial charge in [0.25, 0.3) is 0 Å². The van der Waals surface area contributed by atoms with Crippen molar-refractivity contribution in [3.05, 3.63) is 29.6 Å². The molecule has 0 aliphatic heterocycles. The topological polar surface area (TPSA) is 61.7 Å². The molecule has 5 heteroatoms. The van der Waals surface area contributed by atoms with Crippen LogP contribution in [0, 0.1) is 5.82 Å². The van der Waals surface area contributed by atoms with Crippen molar-refractivity contribution in [2.75, 3.05) is 20.3 Å². The van der Waals surface area contributed by atoms with Crippen molar-refractivity contribution in [3.63, 3.8) is 0 Å². The van der Waals surface area contributed by atoms with Crippen LogP contribution in [0.1, 0.15) is 5.56 Å². The predicted octanol–water partition coefficient (Wildman–Crippen LogP) is 0.277. The summed E-state index contributed by atoms with van der Waals surface area (Å²) in [6, 6.07) is 4.61. The van der Waals surface area contributed by atoms with E-state index in [1.807, 2.05) is 0 Å². The molecule has 1 atom stereocenters. The van der Waals surface area contributed by atoms with Crippen LogP contribution in [-0.2, 0) is 6.54 Å². The Morgan fingerprint density at radius 1 is 1.50 bits per heavy atom. The highest BCUT2D eigenvalue weighted by molar-refractivity contribution is 5.29. The van der Waals surface area contributed by atoms with Gasteiger partial charge in [0.1, 0.15) is 12.7 Å². The van der Waals surface area contributed by atoms with Crippen molar-refractivity contribution >= 4 is 0 Å². The molecule has 0 aliphatic rings. The molecule has 90 valence electrons. The van der Waals surface area contributed by atoms with E-state index in [-0.39, 0.29) is 12.4 Å². The largest absolute Gasteiger partial charge is 0.488 e. The van der Waals surface area contributed by atoms with Crippen LogP contribution in [0.3, 0.4) is 0 Å². The fraction of sp³-hybridized carbons (Fsp3) is 0.455. The summed E-state index contributed by atoms with van der Waals surface area (Å²) in [7, 11) is 1.78. The van der Waals surface area contributed by atoms with Crippen LogP contribution in [-0.4, -0.2) is 36.6 Å². The lowest BCUT2D eigenvalue weighted by Crippen LogP contribution is -2.21. The van der Waals surface area contributed by atoms with E-state index in [1.165, 1.54) is 12.1 Å². The highest BCUT2D eigenvalue weighted by Gasteiger charge is 2.07. The van der Waals surface area contributed by atoms with E-state index in [2.05, 4.69) is 5.32 Å². The van der Waals surface area contributed by atoms with Gasteiger partial charge in [0.15, 0.2) is 11.6 Å². The molecule has 0 radical (unpaired) electrons. The second-order valence-electron chi connectivity index (χ2n) is 3.44. The number of hydrogen-bond donors (Lipinski definition) is 3. The van der Waals surface area contributed by atoms with E-state index >= 15 is 0 Å². The third-order valence-corrected chi connectivity index (χ3v) is 2.02. The summed E-state index contributed by atoms with van der Waals surface area (Å²) >= 11 is 0. The zero-order valence-corrected chi connectivity index (χ0v) is 9.11. The molecule has 0 aliphatic carbocycles. The van der Waals surface area contributed by atoms with Gasteiger partial charge in [0, 0.05) is 6.54 Å². The van der Waals surface area contributed by atoms with Crippen LogP contribution in [0.15, 0.2) is 18.2 Å². The normalized spacial score (nSPS) is 12.5. The van der Waals surface area contributed by atoms with E-state index in [0.717, 1.165) is 5.56 Å². The number of halogens is 1. The average molecular weight is 229 g/mol. The Morgan fingerprint density at radius 3 is 2.81 bits per heavy atom. The minimum absolute atomic E-state index is 0.0763. The molecule has 0 aromatic heterocycles. The molecule has 0 saturated carbocycles. The smallest absolute Gasteiger partial charge is 0.165 e. The number of hydrogen-bond acceptors (Lipinski definition) is 4. The second kappa shape index (κ2) is 6.42. The first kappa shape index (κ1) is 12.9. The minimum atomic E-state index is -0.989. The zero-order valence-electron chi connectivity index (χ0n) is 9.11. The molecule has 0 amide bonds. The number of benzene rings is 1. The summed E-state index contributed by atoms with van der Waals surface area (Å²) in [4.78, 5) is 0. The first-order chi connectivity index (χ1) is 7.67. The molecule has 0 fully saturated rings. The van der Waals surface area contributed by atoms with Crippen molar-refractivity contribution < 1.29 is 19.3 Å². The molecule has 16 heavy (non-hydrogen) atoms. The second-order valence-corrected chi connectivity index (χ2v) is 3.44. The van der Waals surface area contributed by atoms with Gasteiger partial charge >= 0.3 is 0 Å². The van der Waals surface area contributed by atoms with Crippen LogP contribution in [0.5, 0.6) is 5.75 Å². The lowest BCUT2D eigenvalue weighted by molar-refractivity contribution is 0.0523. The van der Waals surface area contributed by atoms with Gasteiger partial charge in [-0.1, -0.05) is 6.07 Å². The minimum Gasteiger partial charge on any atom is -0.488 e. The summed E-state index contributed by atoms with van der Waals surface area (Å²) in [5, 5.41) is 20.5. The molecular weight excluding hydrogens is 213 g/mol. The Labute approximate surface area is 93.7 Å². The first-order valence-corrected chi connectivity index (χ1v) is 5.02. The van der Waals surface area contributed by atoms with Gasteiger partial charge in [-0.15, -0.1) is 0 Å². The van der Waals surface area contributed by atoms with Gasteiger partial charge in [-0.05, 0) is 24.7 Å².